The van der Waals surface area contributed by atoms with Crippen molar-refractivity contribution >= 4 is 52.4 Å². The maximum absolute atomic E-state index is 3.32. The molecule has 0 bridgehead atoms. The van der Waals surface area contributed by atoms with Crippen LogP contribution in [0.15, 0.2) is 47.5 Å². The molecule has 0 saturated heterocycles. The number of aromatic amines is 1. The third-order valence-corrected chi connectivity index (χ3v) is 6.62. The largest absolute Gasteiger partial charge is 0.361 e. The van der Waals surface area contributed by atoms with Gasteiger partial charge in [0.2, 0.25) is 0 Å². The molecule has 0 fully saturated rings. The molecule has 1 nitrogen and oxygen atoms in total. The summed E-state index contributed by atoms with van der Waals surface area (Å²) in [5.41, 5.74) is 1.23. The van der Waals surface area contributed by atoms with E-state index in [1.54, 1.807) is 0 Å². The third-order valence-electron chi connectivity index (χ3n) is 3.82. The van der Waals surface area contributed by atoms with Gasteiger partial charge in [-0.05, 0) is 60.1 Å². The topological polar surface area (TPSA) is 15.8 Å². The van der Waals surface area contributed by atoms with E-state index in [-0.39, 0.29) is 0 Å². The smallest absolute Gasteiger partial charge is 0.0461 e. The van der Waals surface area contributed by atoms with Gasteiger partial charge in [-0.2, -0.15) is 0 Å². The highest BCUT2D eigenvalue weighted by Crippen LogP contribution is 2.47. The van der Waals surface area contributed by atoms with Crippen LogP contribution in [0.2, 0.25) is 0 Å². The van der Waals surface area contributed by atoms with Crippen LogP contribution in [0.3, 0.4) is 0 Å². The van der Waals surface area contributed by atoms with Crippen LogP contribution in [0.4, 0.5) is 0 Å². The van der Waals surface area contributed by atoms with Gasteiger partial charge in [-0.1, -0.05) is 0 Å². The molecule has 4 aromatic rings. The number of nitrogens with one attached hydrogen (secondary N) is 1. The molecule has 4 rings (SSSR count). The van der Waals surface area contributed by atoms with Crippen molar-refractivity contribution in [3.8, 4) is 0 Å². The number of thiophene rings is 1. The second-order valence-corrected chi connectivity index (χ2v) is 11.2. The normalized spacial score (nSPS) is 13.6. The molecule has 0 saturated carbocycles. The Kier molecular flexibility index (Phi) is 2.48. The fourth-order valence-corrected chi connectivity index (χ4v) is 4.75. The van der Waals surface area contributed by atoms with Crippen molar-refractivity contribution in [1.29, 1.82) is 0 Å². The molecule has 0 aliphatic carbocycles. The first-order valence-electron chi connectivity index (χ1n) is 6.64. The molecule has 0 amide bonds. The monoisotopic (exact) mass is 299 g/mol. The van der Waals surface area contributed by atoms with Crippen LogP contribution in [0.5, 0.6) is 0 Å². The van der Waals surface area contributed by atoms with E-state index in [0.717, 1.165) is 0 Å². The van der Waals surface area contributed by atoms with Crippen LogP contribution in [-0.4, -0.2) is 23.8 Å². The molecular formula is C17H17NS2. The first-order valence-corrected chi connectivity index (χ1v) is 10.3. The van der Waals surface area contributed by atoms with E-state index in [0.29, 0.717) is 0 Å². The highest BCUT2D eigenvalue weighted by molar-refractivity contribution is 8.32. The van der Waals surface area contributed by atoms with Crippen LogP contribution in [0.1, 0.15) is 0 Å². The van der Waals surface area contributed by atoms with E-state index < -0.39 is 10.0 Å². The number of H-pyrrole nitrogens is 1. The molecule has 0 aliphatic rings. The zero-order chi connectivity index (χ0) is 13.9. The Morgan fingerprint density at radius 1 is 0.900 bits per heavy atom. The van der Waals surface area contributed by atoms with E-state index in [9.17, 15) is 0 Å². The number of fused-ring (bicyclic) bond motifs is 4. The van der Waals surface area contributed by atoms with Gasteiger partial charge in [0.15, 0.2) is 0 Å². The second-order valence-electron chi connectivity index (χ2n) is 6.01. The molecule has 0 atom stereocenters. The molecule has 0 aliphatic heterocycles. The van der Waals surface area contributed by atoms with Crippen molar-refractivity contribution in [2.45, 2.75) is 4.90 Å². The van der Waals surface area contributed by atoms with Gasteiger partial charge in [0.1, 0.15) is 0 Å². The molecule has 2 heterocycles. The van der Waals surface area contributed by atoms with E-state index in [1.165, 1.54) is 36.0 Å². The summed E-state index contributed by atoms with van der Waals surface area (Å²) >= 11 is 1.89. The third kappa shape index (κ3) is 1.77. The minimum Gasteiger partial charge on any atom is -0.361 e. The summed E-state index contributed by atoms with van der Waals surface area (Å²) < 4.78 is 2.77. The number of benzene rings is 2. The Bertz CT molecular complexity index is 938. The van der Waals surface area contributed by atoms with Crippen molar-refractivity contribution in [2.24, 2.45) is 0 Å². The molecule has 3 heteroatoms. The van der Waals surface area contributed by atoms with Gasteiger partial charge in [-0.3, -0.25) is 0 Å². The Hall–Kier alpha value is -1.45. The van der Waals surface area contributed by atoms with Gasteiger partial charge in [0, 0.05) is 37.3 Å². The average molecular weight is 299 g/mol. The van der Waals surface area contributed by atoms with E-state index in [4.69, 9.17) is 0 Å². The van der Waals surface area contributed by atoms with Crippen LogP contribution in [0, 0.1) is 0 Å². The summed E-state index contributed by atoms with van der Waals surface area (Å²) in [6.45, 7) is 0. The van der Waals surface area contributed by atoms with Crippen molar-refractivity contribution < 1.29 is 0 Å². The van der Waals surface area contributed by atoms with Gasteiger partial charge >= 0.3 is 0 Å². The highest BCUT2D eigenvalue weighted by Gasteiger charge is 2.12. The fourth-order valence-electron chi connectivity index (χ4n) is 2.68. The minimum atomic E-state index is -0.676. The highest BCUT2D eigenvalue weighted by atomic mass is 32.3. The summed E-state index contributed by atoms with van der Waals surface area (Å²) in [7, 11) is -0.676. The van der Waals surface area contributed by atoms with Gasteiger partial charge in [0.05, 0.1) is 0 Å². The molecule has 0 spiro atoms. The quantitative estimate of drug-likeness (QED) is 0.471. The van der Waals surface area contributed by atoms with Crippen LogP contribution >= 0.6 is 21.4 Å². The van der Waals surface area contributed by atoms with Crippen molar-refractivity contribution in [1.82, 2.24) is 4.98 Å². The first kappa shape index (κ1) is 12.3. The second kappa shape index (κ2) is 4.03. The maximum atomic E-state index is 3.32. The number of hydrogen-bond acceptors (Lipinski definition) is 1. The van der Waals surface area contributed by atoms with Gasteiger partial charge in [0.25, 0.3) is 0 Å². The van der Waals surface area contributed by atoms with Crippen molar-refractivity contribution in [3.05, 3.63) is 42.6 Å². The summed E-state index contributed by atoms with van der Waals surface area (Å²) in [5.74, 6) is 0. The molecular weight excluding hydrogens is 282 g/mol. The summed E-state index contributed by atoms with van der Waals surface area (Å²) in [5, 5.41) is 4.08. The molecule has 2 aromatic heterocycles. The minimum absolute atomic E-state index is 0.676. The van der Waals surface area contributed by atoms with Gasteiger partial charge < -0.3 is 4.98 Å². The summed E-state index contributed by atoms with van der Waals surface area (Å²) in [4.78, 5) is 4.80. The van der Waals surface area contributed by atoms with Crippen molar-refractivity contribution in [3.63, 3.8) is 0 Å². The lowest BCUT2D eigenvalue weighted by Gasteiger charge is -2.25. The standard InChI is InChI=1S/C17H17NS2/c1-20(2,3)12-4-5-16-13(9-12)14-10-15-11(6-7-18-15)8-17(14)19-16/h4-10,18H,1-3H3. The zero-order valence-electron chi connectivity index (χ0n) is 11.9. The predicted octanol–water partition coefficient (Wildman–Crippen LogP) is 5.59. The Labute approximate surface area is 123 Å². The molecule has 102 valence electrons. The van der Waals surface area contributed by atoms with Crippen LogP contribution < -0.4 is 0 Å². The zero-order valence-corrected chi connectivity index (χ0v) is 13.5. The summed E-state index contributed by atoms with van der Waals surface area (Å²) in [6.07, 6.45) is 9.07. The van der Waals surface area contributed by atoms with Crippen molar-refractivity contribution in [2.75, 3.05) is 18.8 Å². The fraction of sp³-hybridized carbons (Fsp3) is 0.176. The van der Waals surface area contributed by atoms with Gasteiger partial charge in [-0.15, -0.1) is 11.3 Å². The average Bonchev–Trinajstić information content (AvgIpc) is 2.97. The molecule has 0 unspecified atom stereocenters. The number of aromatic nitrogens is 1. The molecule has 1 N–H and O–H groups in total. The first-order chi connectivity index (χ1) is 9.52. The lowest BCUT2D eigenvalue weighted by atomic mass is 10.1. The Morgan fingerprint density at radius 3 is 2.50 bits per heavy atom. The molecule has 0 radical (unpaired) electrons. The molecule has 2 aromatic carbocycles. The Balaban J connectivity index is 2.12. The van der Waals surface area contributed by atoms with Crippen LogP contribution in [-0.2, 0) is 0 Å². The maximum Gasteiger partial charge on any atom is 0.0461 e. The summed E-state index contributed by atoms with van der Waals surface area (Å²) in [6, 6.07) is 13.7. The van der Waals surface area contributed by atoms with Gasteiger partial charge in [-0.25, -0.2) is 10.0 Å². The van der Waals surface area contributed by atoms with E-state index in [1.807, 2.05) is 17.5 Å². The lowest BCUT2D eigenvalue weighted by molar-refractivity contribution is 1.48. The lowest BCUT2D eigenvalue weighted by Crippen LogP contribution is -1.91. The number of rotatable bonds is 1. The van der Waals surface area contributed by atoms with E-state index in [2.05, 4.69) is 60.1 Å². The van der Waals surface area contributed by atoms with Crippen LogP contribution in [0.25, 0.3) is 31.1 Å². The SMILES string of the molecule is CS(C)(C)c1ccc2sc3cc4cc[nH]c4cc3c2c1. The Morgan fingerprint density at radius 2 is 1.70 bits per heavy atom. The molecule has 20 heavy (non-hydrogen) atoms. The van der Waals surface area contributed by atoms with E-state index >= 15 is 0 Å². The predicted molar refractivity (Wildman–Crippen MR) is 94.8 cm³/mol. The number of hydrogen-bond donors (Lipinski definition) is 1.